The lowest BCUT2D eigenvalue weighted by Crippen LogP contribution is -2.49. The summed E-state index contributed by atoms with van der Waals surface area (Å²) < 4.78 is 11.3. The summed E-state index contributed by atoms with van der Waals surface area (Å²) in [6.07, 6.45) is -0.574. The molecule has 0 spiro atoms. The summed E-state index contributed by atoms with van der Waals surface area (Å²) in [5.41, 5.74) is 1.77. The van der Waals surface area contributed by atoms with Crippen LogP contribution in [0.4, 0.5) is 5.69 Å². The Bertz CT molecular complexity index is 833. The van der Waals surface area contributed by atoms with Crippen LogP contribution in [0.15, 0.2) is 42.5 Å². The Labute approximate surface area is 191 Å². The molecule has 1 aliphatic heterocycles. The highest BCUT2D eigenvalue weighted by atomic mass is 35.5. The number of β-amino-alcohol motifs (C(OH)–C–C–N with tert-alkyl or cyclic N) is 1. The molecule has 0 amide bonds. The maximum Gasteiger partial charge on any atom is 0.142 e. The summed E-state index contributed by atoms with van der Waals surface area (Å²) in [6.45, 7) is 10.5. The molecule has 0 aromatic heterocycles. The van der Waals surface area contributed by atoms with E-state index in [4.69, 9.17) is 9.47 Å². The van der Waals surface area contributed by atoms with E-state index >= 15 is 0 Å². The van der Waals surface area contributed by atoms with Crippen molar-refractivity contribution in [3.8, 4) is 17.2 Å². The van der Waals surface area contributed by atoms with Gasteiger partial charge < -0.3 is 24.6 Å². The largest absolute Gasteiger partial charge is 0.508 e. The smallest absolute Gasteiger partial charge is 0.142 e. The van der Waals surface area contributed by atoms with E-state index in [2.05, 4.69) is 15.9 Å². The van der Waals surface area contributed by atoms with Crippen LogP contribution in [0.25, 0.3) is 0 Å². The fourth-order valence-electron chi connectivity index (χ4n) is 3.81. The molecule has 1 saturated heterocycles. The SMILES string of the molecule is COc1ccccc1N1CCN(CC(O)COc2ccc(O)c(C(C)(C)C)c2)CC1.Cl. The fraction of sp³-hybridized carbons (Fsp3) is 0.500. The minimum atomic E-state index is -0.574. The molecule has 2 aromatic carbocycles. The Kier molecular flexibility index (Phi) is 8.86. The van der Waals surface area contributed by atoms with Crippen LogP contribution in [-0.2, 0) is 5.41 Å². The molecule has 1 fully saturated rings. The molecule has 2 N–H and O–H groups in total. The quantitative estimate of drug-likeness (QED) is 0.670. The third-order valence-corrected chi connectivity index (χ3v) is 5.49. The predicted octanol–water partition coefficient (Wildman–Crippen LogP) is 3.68. The van der Waals surface area contributed by atoms with Crippen molar-refractivity contribution in [2.24, 2.45) is 0 Å². The van der Waals surface area contributed by atoms with E-state index in [1.165, 1.54) is 0 Å². The van der Waals surface area contributed by atoms with Crippen molar-refractivity contribution in [1.82, 2.24) is 4.90 Å². The number of phenolic OH excluding ortho intramolecular Hbond substituents is 1. The van der Waals surface area contributed by atoms with Crippen molar-refractivity contribution in [1.29, 1.82) is 0 Å². The molecule has 172 valence electrons. The van der Waals surface area contributed by atoms with Crippen molar-refractivity contribution in [3.63, 3.8) is 0 Å². The first-order valence-electron chi connectivity index (χ1n) is 10.5. The number of hydrogen-bond donors (Lipinski definition) is 2. The van der Waals surface area contributed by atoms with E-state index in [-0.39, 0.29) is 30.2 Å². The van der Waals surface area contributed by atoms with Crippen LogP contribution >= 0.6 is 12.4 Å². The monoisotopic (exact) mass is 450 g/mol. The van der Waals surface area contributed by atoms with Gasteiger partial charge in [0.1, 0.15) is 30.0 Å². The van der Waals surface area contributed by atoms with Crippen LogP contribution in [0.1, 0.15) is 26.3 Å². The van der Waals surface area contributed by atoms with E-state index in [1.54, 1.807) is 19.2 Å². The molecule has 0 saturated carbocycles. The van der Waals surface area contributed by atoms with Gasteiger partial charge in [-0.2, -0.15) is 0 Å². The van der Waals surface area contributed by atoms with Gasteiger partial charge in [-0.25, -0.2) is 0 Å². The Morgan fingerprint density at radius 3 is 2.35 bits per heavy atom. The number of phenols is 1. The Balaban J connectivity index is 0.00000341. The normalized spacial score (nSPS) is 15.8. The van der Waals surface area contributed by atoms with Gasteiger partial charge in [-0.3, -0.25) is 4.90 Å². The Morgan fingerprint density at radius 2 is 1.71 bits per heavy atom. The molecule has 3 rings (SSSR count). The van der Waals surface area contributed by atoms with Gasteiger partial charge in [-0.05, 0) is 35.7 Å². The number of aliphatic hydroxyl groups is 1. The zero-order valence-corrected chi connectivity index (χ0v) is 19.7. The number of aliphatic hydroxyl groups excluding tert-OH is 1. The standard InChI is InChI=1S/C24H34N2O4.ClH/c1-24(2,3)20-15-19(9-10-22(20)28)30-17-18(27)16-25-11-13-26(14-12-25)21-7-5-6-8-23(21)29-4;/h5-10,15,18,27-28H,11-14,16-17H2,1-4H3;1H. The molecule has 7 heteroatoms. The number of benzene rings is 2. The first kappa shape index (κ1) is 25.1. The lowest BCUT2D eigenvalue weighted by molar-refractivity contribution is 0.0662. The molecule has 0 radical (unpaired) electrons. The average molecular weight is 451 g/mol. The maximum absolute atomic E-state index is 10.5. The van der Waals surface area contributed by atoms with Crippen LogP contribution in [-0.4, -0.2) is 67.7 Å². The minimum Gasteiger partial charge on any atom is -0.508 e. The number of aromatic hydroxyl groups is 1. The molecule has 6 nitrogen and oxygen atoms in total. The van der Waals surface area contributed by atoms with E-state index in [0.717, 1.165) is 43.2 Å². The molecule has 1 atom stereocenters. The van der Waals surface area contributed by atoms with Crippen molar-refractivity contribution < 1.29 is 19.7 Å². The molecule has 1 heterocycles. The number of piperazine rings is 1. The van der Waals surface area contributed by atoms with Crippen LogP contribution in [0.3, 0.4) is 0 Å². The zero-order chi connectivity index (χ0) is 21.7. The van der Waals surface area contributed by atoms with Crippen LogP contribution in [0, 0.1) is 0 Å². The number of nitrogens with zero attached hydrogens (tertiary/aromatic N) is 2. The zero-order valence-electron chi connectivity index (χ0n) is 18.9. The molecule has 1 aliphatic rings. The molecule has 1 unspecified atom stereocenters. The second kappa shape index (κ2) is 10.9. The van der Waals surface area contributed by atoms with Gasteiger partial charge in [-0.15, -0.1) is 12.4 Å². The van der Waals surface area contributed by atoms with Gasteiger partial charge in [0.15, 0.2) is 0 Å². The van der Waals surface area contributed by atoms with Crippen LogP contribution in [0.5, 0.6) is 17.2 Å². The number of para-hydroxylation sites is 2. The van der Waals surface area contributed by atoms with E-state index in [1.807, 2.05) is 45.0 Å². The molecule has 0 bridgehead atoms. The third kappa shape index (κ3) is 6.66. The number of hydrogen-bond acceptors (Lipinski definition) is 6. The molecule has 2 aromatic rings. The number of rotatable bonds is 7. The number of ether oxygens (including phenoxy) is 2. The lowest BCUT2D eigenvalue weighted by Gasteiger charge is -2.37. The highest BCUT2D eigenvalue weighted by molar-refractivity contribution is 5.85. The second-order valence-corrected chi connectivity index (χ2v) is 8.85. The van der Waals surface area contributed by atoms with E-state index in [9.17, 15) is 10.2 Å². The summed E-state index contributed by atoms with van der Waals surface area (Å²) in [5.74, 6) is 1.82. The predicted molar refractivity (Wildman–Crippen MR) is 127 cm³/mol. The third-order valence-electron chi connectivity index (χ3n) is 5.49. The second-order valence-electron chi connectivity index (χ2n) is 8.85. The number of halogens is 1. The van der Waals surface area contributed by atoms with Crippen molar-refractivity contribution in [3.05, 3.63) is 48.0 Å². The molecular formula is C24H35ClN2O4. The van der Waals surface area contributed by atoms with Gasteiger partial charge in [0.05, 0.1) is 12.8 Å². The fourth-order valence-corrected chi connectivity index (χ4v) is 3.81. The summed E-state index contributed by atoms with van der Waals surface area (Å²) in [4.78, 5) is 4.58. The van der Waals surface area contributed by atoms with Gasteiger partial charge >= 0.3 is 0 Å². The van der Waals surface area contributed by atoms with Gasteiger partial charge in [0.2, 0.25) is 0 Å². The summed E-state index contributed by atoms with van der Waals surface area (Å²) in [6, 6.07) is 13.3. The van der Waals surface area contributed by atoms with Gasteiger partial charge in [-0.1, -0.05) is 32.9 Å². The van der Waals surface area contributed by atoms with Crippen LogP contribution in [0.2, 0.25) is 0 Å². The lowest BCUT2D eigenvalue weighted by atomic mass is 9.86. The molecule has 0 aliphatic carbocycles. The van der Waals surface area contributed by atoms with E-state index < -0.39 is 6.10 Å². The Hall–Kier alpha value is -2.15. The summed E-state index contributed by atoms with van der Waals surface area (Å²) in [7, 11) is 1.70. The maximum atomic E-state index is 10.5. The minimum absolute atomic E-state index is 0. The van der Waals surface area contributed by atoms with Gasteiger partial charge in [0.25, 0.3) is 0 Å². The first-order chi connectivity index (χ1) is 14.3. The molecule has 31 heavy (non-hydrogen) atoms. The topological polar surface area (TPSA) is 65.4 Å². The Morgan fingerprint density at radius 1 is 1.03 bits per heavy atom. The first-order valence-corrected chi connectivity index (χ1v) is 10.5. The van der Waals surface area contributed by atoms with Crippen molar-refractivity contribution in [2.45, 2.75) is 32.3 Å². The highest BCUT2D eigenvalue weighted by Crippen LogP contribution is 2.33. The van der Waals surface area contributed by atoms with Crippen molar-refractivity contribution >= 4 is 18.1 Å². The van der Waals surface area contributed by atoms with Crippen LogP contribution < -0.4 is 14.4 Å². The summed E-state index contributed by atoms with van der Waals surface area (Å²) in [5, 5.41) is 20.5. The average Bonchev–Trinajstić information content (AvgIpc) is 2.73. The molecular weight excluding hydrogens is 416 g/mol. The van der Waals surface area contributed by atoms with Gasteiger partial charge in [0, 0.05) is 38.3 Å². The van der Waals surface area contributed by atoms with Crippen molar-refractivity contribution in [2.75, 3.05) is 51.3 Å². The van der Waals surface area contributed by atoms with E-state index in [0.29, 0.717) is 12.3 Å². The number of anilines is 1. The summed E-state index contributed by atoms with van der Waals surface area (Å²) >= 11 is 0. The highest BCUT2D eigenvalue weighted by Gasteiger charge is 2.22. The number of methoxy groups -OCH3 is 1.